The highest BCUT2D eigenvalue weighted by atomic mass is 19.1. The van der Waals surface area contributed by atoms with Crippen molar-refractivity contribution in [2.45, 2.75) is 44.4 Å². The largest absolute Gasteiger partial charge is 0.256 e. The molecule has 0 aliphatic heterocycles. The molecule has 31 heavy (non-hydrogen) atoms. The minimum absolute atomic E-state index is 0.105. The maximum absolute atomic E-state index is 13.5. The van der Waals surface area contributed by atoms with Crippen LogP contribution in [0, 0.1) is 23.6 Å². The standard InChI is InChI=1S/C25H28FN5/c1-25(24-28-30-31(2)29-24)15-18-6-3-4-9-22(18)23(25)13-12-21-11-10-19(16-27-21)17-7-5-8-20(26)14-17/h5,7-8,10-14,16,18,22-23H,3-4,6,9,15H2,1-2H3/t18-,22-,23+,25+/m1/s1. The van der Waals surface area contributed by atoms with E-state index in [1.165, 1.54) is 37.8 Å². The van der Waals surface area contributed by atoms with Crippen molar-refractivity contribution in [1.29, 1.82) is 0 Å². The second-order valence-electron chi connectivity index (χ2n) is 9.30. The van der Waals surface area contributed by atoms with Gasteiger partial charge in [0.15, 0.2) is 5.82 Å². The van der Waals surface area contributed by atoms with Crippen LogP contribution < -0.4 is 0 Å². The van der Waals surface area contributed by atoms with E-state index in [2.05, 4.69) is 39.5 Å². The molecule has 6 heteroatoms. The Morgan fingerprint density at radius 3 is 2.74 bits per heavy atom. The summed E-state index contributed by atoms with van der Waals surface area (Å²) in [5, 5.41) is 13.1. The van der Waals surface area contributed by atoms with Crippen molar-refractivity contribution < 1.29 is 4.39 Å². The summed E-state index contributed by atoms with van der Waals surface area (Å²) in [6.45, 7) is 2.30. The number of allylic oxidation sites excluding steroid dienone is 1. The Morgan fingerprint density at radius 1 is 1.13 bits per heavy atom. The van der Waals surface area contributed by atoms with Crippen molar-refractivity contribution in [2.24, 2.45) is 24.8 Å². The predicted octanol–water partition coefficient (Wildman–Crippen LogP) is 5.21. The van der Waals surface area contributed by atoms with Gasteiger partial charge in [-0.05, 0) is 65.6 Å². The Bertz CT molecular complexity index is 1090. The Morgan fingerprint density at radius 2 is 2.00 bits per heavy atom. The number of aryl methyl sites for hydroxylation is 1. The van der Waals surface area contributed by atoms with Crippen LogP contribution in [-0.2, 0) is 12.5 Å². The molecule has 2 aliphatic rings. The number of benzene rings is 1. The number of hydrogen-bond donors (Lipinski definition) is 0. The summed E-state index contributed by atoms with van der Waals surface area (Å²) in [4.78, 5) is 6.18. The summed E-state index contributed by atoms with van der Waals surface area (Å²) in [6.07, 6.45) is 12.6. The van der Waals surface area contributed by atoms with Gasteiger partial charge in [0.25, 0.3) is 0 Å². The minimum atomic E-state index is -0.235. The molecule has 2 heterocycles. The van der Waals surface area contributed by atoms with Gasteiger partial charge in [-0.15, -0.1) is 10.2 Å². The van der Waals surface area contributed by atoms with E-state index in [9.17, 15) is 4.39 Å². The maximum Gasteiger partial charge on any atom is 0.181 e. The van der Waals surface area contributed by atoms with Crippen LogP contribution in [0.25, 0.3) is 17.2 Å². The Kier molecular flexibility index (Phi) is 5.16. The zero-order chi connectivity index (χ0) is 21.4. The number of rotatable bonds is 4. The van der Waals surface area contributed by atoms with Crippen LogP contribution in [-0.4, -0.2) is 25.2 Å². The molecule has 160 valence electrons. The molecule has 0 radical (unpaired) electrons. The number of hydrogen-bond acceptors (Lipinski definition) is 4. The molecule has 2 aromatic heterocycles. The molecular formula is C25H28FN5. The Labute approximate surface area is 182 Å². The lowest BCUT2D eigenvalue weighted by Gasteiger charge is -2.31. The van der Waals surface area contributed by atoms with Gasteiger partial charge < -0.3 is 0 Å². The highest BCUT2D eigenvalue weighted by molar-refractivity contribution is 5.63. The lowest BCUT2D eigenvalue weighted by Crippen LogP contribution is -2.30. The van der Waals surface area contributed by atoms with Gasteiger partial charge in [0, 0.05) is 17.2 Å². The molecule has 0 bridgehead atoms. The molecule has 2 saturated carbocycles. The first-order valence-electron chi connectivity index (χ1n) is 11.2. The highest BCUT2D eigenvalue weighted by Gasteiger charge is 2.52. The van der Waals surface area contributed by atoms with Crippen LogP contribution in [0.2, 0.25) is 0 Å². The smallest absolute Gasteiger partial charge is 0.181 e. The van der Waals surface area contributed by atoms with Gasteiger partial charge in [0.1, 0.15) is 5.82 Å². The predicted molar refractivity (Wildman–Crippen MR) is 118 cm³/mol. The molecule has 5 rings (SSSR count). The normalized spacial score (nSPS) is 28.2. The average molecular weight is 418 g/mol. The molecule has 0 saturated heterocycles. The van der Waals surface area contributed by atoms with Crippen LogP contribution in [0.5, 0.6) is 0 Å². The number of aromatic nitrogens is 5. The quantitative estimate of drug-likeness (QED) is 0.585. The van der Waals surface area contributed by atoms with Gasteiger partial charge in [-0.2, -0.15) is 4.80 Å². The summed E-state index contributed by atoms with van der Waals surface area (Å²) in [5.74, 6) is 2.37. The average Bonchev–Trinajstić information content (AvgIpc) is 3.34. The summed E-state index contributed by atoms with van der Waals surface area (Å²) >= 11 is 0. The third-order valence-electron chi connectivity index (χ3n) is 7.29. The molecule has 0 amide bonds. The molecular weight excluding hydrogens is 389 g/mol. The fraction of sp³-hybridized carbons (Fsp3) is 0.440. The van der Waals surface area contributed by atoms with Crippen molar-refractivity contribution in [3.8, 4) is 11.1 Å². The maximum atomic E-state index is 13.5. The third-order valence-corrected chi connectivity index (χ3v) is 7.29. The minimum Gasteiger partial charge on any atom is -0.256 e. The molecule has 2 aliphatic carbocycles. The number of nitrogens with zero attached hydrogens (tertiary/aromatic N) is 5. The van der Waals surface area contributed by atoms with Crippen LogP contribution in [0.3, 0.4) is 0 Å². The topological polar surface area (TPSA) is 56.5 Å². The van der Waals surface area contributed by atoms with Crippen molar-refractivity contribution >= 4 is 6.08 Å². The molecule has 0 spiro atoms. The number of pyridine rings is 1. The molecule has 3 aromatic rings. The molecule has 5 nitrogen and oxygen atoms in total. The van der Waals surface area contributed by atoms with Gasteiger partial charge in [-0.25, -0.2) is 4.39 Å². The summed E-state index contributed by atoms with van der Waals surface area (Å²) < 4.78 is 13.5. The summed E-state index contributed by atoms with van der Waals surface area (Å²) in [5.41, 5.74) is 2.56. The third kappa shape index (κ3) is 3.80. The van der Waals surface area contributed by atoms with Crippen molar-refractivity contribution in [3.63, 3.8) is 0 Å². The fourth-order valence-electron chi connectivity index (χ4n) is 5.77. The molecule has 1 aromatic carbocycles. The molecule has 0 unspecified atom stereocenters. The lowest BCUT2D eigenvalue weighted by molar-refractivity contribution is 0.243. The van der Waals surface area contributed by atoms with Crippen LogP contribution in [0.4, 0.5) is 4.39 Å². The SMILES string of the molecule is Cn1nnc([C@@]2(C)C[C@H]3CCCC[C@H]3[C@@H]2C=Cc2ccc(-c3cccc(F)c3)cn2)n1. The van der Waals surface area contributed by atoms with Crippen LogP contribution in [0.1, 0.15) is 50.5 Å². The van der Waals surface area contributed by atoms with E-state index in [0.717, 1.165) is 35.0 Å². The van der Waals surface area contributed by atoms with E-state index < -0.39 is 0 Å². The summed E-state index contributed by atoms with van der Waals surface area (Å²) in [6, 6.07) is 10.6. The fourth-order valence-corrected chi connectivity index (χ4v) is 5.77. The highest BCUT2D eigenvalue weighted by Crippen LogP contribution is 2.56. The zero-order valence-electron chi connectivity index (χ0n) is 18.1. The van der Waals surface area contributed by atoms with E-state index >= 15 is 0 Å². The number of tetrazole rings is 1. The van der Waals surface area contributed by atoms with Gasteiger partial charge in [-0.1, -0.05) is 50.5 Å². The van der Waals surface area contributed by atoms with Crippen LogP contribution in [0.15, 0.2) is 48.7 Å². The second-order valence-corrected chi connectivity index (χ2v) is 9.30. The number of halogens is 1. The van der Waals surface area contributed by atoms with E-state index in [-0.39, 0.29) is 11.2 Å². The number of fused-ring (bicyclic) bond motifs is 1. The van der Waals surface area contributed by atoms with Gasteiger partial charge >= 0.3 is 0 Å². The first kappa shape index (κ1) is 20.0. The van der Waals surface area contributed by atoms with Gasteiger partial charge in [0.05, 0.1) is 12.7 Å². The lowest BCUT2D eigenvalue weighted by atomic mass is 9.73. The van der Waals surface area contributed by atoms with Gasteiger partial charge in [-0.3, -0.25) is 4.98 Å². The monoisotopic (exact) mass is 417 g/mol. The van der Waals surface area contributed by atoms with E-state index in [1.807, 2.05) is 31.4 Å². The molecule has 4 atom stereocenters. The Balaban J connectivity index is 1.42. The second kappa shape index (κ2) is 7.98. The van der Waals surface area contributed by atoms with Crippen molar-refractivity contribution in [1.82, 2.24) is 25.2 Å². The van der Waals surface area contributed by atoms with Crippen LogP contribution >= 0.6 is 0 Å². The van der Waals surface area contributed by atoms with Crippen molar-refractivity contribution in [3.05, 3.63) is 66.0 Å². The van der Waals surface area contributed by atoms with E-state index in [0.29, 0.717) is 11.8 Å². The van der Waals surface area contributed by atoms with E-state index in [1.54, 1.807) is 10.9 Å². The van der Waals surface area contributed by atoms with Gasteiger partial charge in [0.2, 0.25) is 0 Å². The van der Waals surface area contributed by atoms with Crippen molar-refractivity contribution in [2.75, 3.05) is 0 Å². The summed E-state index contributed by atoms with van der Waals surface area (Å²) in [7, 11) is 1.83. The zero-order valence-corrected chi connectivity index (χ0v) is 18.1. The Hall–Kier alpha value is -2.89. The molecule has 0 N–H and O–H groups in total. The molecule has 2 fully saturated rings. The first-order chi connectivity index (χ1) is 15.0. The first-order valence-corrected chi connectivity index (χ1v) is 11.2. The van der Waals surface area contributed by atoms with E-state index in [4.69, 9.17) is 0 Å².